The Morgan fingerprint density at radius 3 is 2.08 bits per heavy atom. The molecule has 0 saturated carbocycles. The van der Waals surface area contributed by atoms with Crippen molar-refractivity contribution in [2.45, 2.75) is 39.0 Å². The number of hydrogen-bond donors (Lipinski definition) is 0. The first-order chi connectivity index (χ1) is 12.1. The monoisotopic (exact) mass is 352 g/mol. The van der Waals surface area contributed by atoms with Gasteiger partial charge in [0.05, 0.1) is 25.4 Å². The molecule has 6 heteroatoms. The number of benzene rings is 1. The molecule has 0 amide bonds. The lowest BCUT2D eigenvalue weighted by atomic mass is 10.2. The summed E-state index contributed by atoms with van der Waals surface area (Å²) in [5.41, 5.74) is 0.472. The first-order valence-electron chi connectivity index (χ1n) is 8.65. The lowest BCUT2D eigenvalue weighted by Gasteiger charge is -2.08. The van der Waals surface area contributed by atoms with Crippen LogP contribution in [0.15, 0.2) is 24.3 Å². The van der Waals surface area contributed by atoms with Crippen LogP contribution in [0.5, 0.6) is 5.75 Å². The molecule has 0 radical (unpaired) electrons. The number of rotatable bonds is 13. The second kappa shape index (κ2) is 13.2. The summed E-state index contributed by atoms with van der Waals surface area (Å²) in [6, 6.07) is 6.89. The molecule has 0 spiro atoms. The maximum atomic E-state index is 11.9. The minimum atomic E-state index is -0.396. The summed E-state index contributed by atoms with van der Waals surface area (Å²) in [6.07, 6.45) is 4.81. The van der Waals surface area contributed by atoms with Gasteiger partial charge in [-0.2, -0.15) is 0 Å². The van der Waals surface area contributed by atoms with E-state index in [0.29, 0.717) is 18.6 Å². The van der Waals surface area contributed by atoms with Gasteiger partial charge in [-0.05, 0) is 43.5 Å². The Bertz CT molecular complexity index is 497. The SMILES string of the molecule is COCCCCCCOc1ccc(C(=O)OCCCOC(C)=O)cc1. The normalized spacial score (nSPS) is 10.3. The van der Waals surface area contributed by atoms with Gasteiger partial charge in [-0.1, -0.05) is 6.42 Å². The molecule has 140 valence electrons. The molecule has 0 N–H and O–H groups in total. The van der Waals surface area contributed by atoms with E-state index in [9.17, 15) is 9.59 Å². The standard InChI is InChI=1S/C19H28O6/c1-16(20)23-14-7-15-25-19(21)17-8-10-18(11-9-17)24-13-6-4-3-5-12-22-2/h8-11H,3-7,12-15H2,1-2H3. The molecule has 0 saturated heterocycles. The average molecular weight is 352 g/mol. The van der Waals surface area contributed by atoms with Gasteiger partial charge in [0.1, 0.15) is 5.75 Å². The Hall–Kier alpha value is -2.08. The van der Waals surface area contributed by atoms with Gasteiger partial charge in [-0.3, -0.25) is 4.79 Å². The number of hydrogen-bond acceptors (Lipinski definition) is 6. The van der Waals surface area contributed by atoms with Crippen molar-refractivity contribution in [3.8, 4) is 5.75 Å². The lowest BCUT2D eigenvalue weighted by Crippen LogP contribution is -2.09. The number of esters is 2. The molecular weight excluding hydrogens is 324 g/mol. The predicted octanol–water partition coefficient (Wildman–Crippen LogP) is 3.38. The van der Waals surface area contributed by atoms with Crippen molar-refractivity contribution in [1.82, 2.24) is 0 Å². The summed E-state index contributed by atoms with van der Waals surface area (Å²) in [6.45, 7) is 3.28. The largest absolute Gasteiger partial charge is 0.494 e. The van der Waals surface area contributed by atoms with E-state index in [-0.39, 0.29) is 19.2 Å². The zero-order valence-corrected chi connectivity index (χ0v) is 15.1. The van der Waals surface area contributed by atoms with Crippen molar-refractivity contribution in [1.29, 1.82) is 0 Å². The number of methoxy groups -OCH3 is 1. The van der Waals surface area contributed by atoms with Crippen molar-refractivity contribution in [2.24, 2.45) is 0 Å². The molecule has 1 rings (SSSR count). The molecule has 0 aliphatic heterocycles. The summed E-state index contributed by atoms with van der Waals surface area (Å²) in [5.74, 6) is 0.00714. The molecule has 1 aromatic carbocycles. The number of carbonyl (C=O) groups is 2. The van der Waals surface area contributed by atoms with E-state index in [4.69, 9.17) is 18.9 Å². The van der Waals surface area contributed by atoms with Crippen LogP contribution in [0.25, 0.3) is 0 Å². The quantitative estimate of drug-likeness (QED) is 0.400. The maximum absolute atomic E-state index is 11.9. The summed E-state index contributed by atoms with van der Waals surface area (Å²) in [5, 5.41) is 0. The van der Waals surface area contributed by atoms with Crippen LogP contribution < -0.4 is 4.74 Å². The summed E-state index contributed by atoms with van der Waals surface area (Å²) in [4.78, 5) is 22.5. The van der Waals surface area contributed by atoms with E-state index in [1.54, 1.807) is 31.4 Å². The number of ether oxygens (including phenoxy) is 4. The van der Waals surface area contributed by atoms with Gasteiger partial charge in [0.15, 0.2) is 0 Å². The molecule has 0 fully saturated rings. The molecule has 6 nitrogen and oxygen atoms in total. The van der Waals surface area contributed by atoms with Gasteiger partial charge in [-0.25, -0.2) is 4.79 Å². The van der Waals surface area contributed by atoms with Crippen LogP contribution in [-0.4, -0.2) is 45.5 Å². The van der Waals surface area contributed by atoms with Gasteiger partial charge in [0.25, 0.3) is 0 Å². The van der Waals surface area contributed by atoms with Gasteiger partial charge in [0, 0.05) is 27.1 Å². The summed E-state index contributed by atoms with van der Waals surface area (Å²) < 4.78 is 20.5. The van der Waals surface area contributed by atoms with Gasteiger partial charge >= 0.3 is 11.9 Å². The van der Waals surface area contributed by atoms with E-state index in [1.165, 1.54) is 6.92 Å². The van der Waals surface area contributed by atoms with E-state index in [2.05, 4.69) is 0 Å². The second-order valence-corrected chi connectivity index (χ2v) is 5.61. The highest BCUT2D eigenvalue weighted by Crippen LogP contribution is 2.14. The van der Waals surface area contributed by atoms with Crippen LogP contribution >= 0.6 is 0 Å². The Labute approximate surface area is 149 Å². The van der Waals surface area contributed by atoms with Gasteiger partial charge in [0.2, 0.25) is 0 Å². The molecule has 0 aliphatic rings. The zero-order chi connectivity index (χ0) is 18.3. The molecular formula is C19H28O6. The fraction of sp³-hybridized carbons (Fsp3) is 0.579. The molecule has 1 aromatic rings. The minimum absolute atomic E-state index is 0.216. The molecule has 0 heterocycles. The third kappa shape index (κ3) is 10.4. The fourth-order valence-electron chi connectivity index (χ4n) is 2.10. The third-order valence-corrected chi connectivity index (χ3v) is 3.43. The molecule has 0 unspecified atom stereocenters. The number of carbonyl (C=O) groups excluding carboxylic acids is 2. The highest BCUT2D eigenvalue weighted by molar-refractivity contribution is 5.89. The third-order valence-electron chi connectivity index (χ3n) is 3.43. The summed E-state index contributed by atoms with van der Waals surface area (Å²) >= 11 is 0. The Kier molecular flexibility index (Phi) is 11.1. The van der Waals surface area contributed by atoms with Crippen molar-refractivity contribution in [3.05, 3.63) is 29.8 Å². The van der Waals surface area contributed by atoms with Crippen LogP contribution in [0.3, 0.4) is 0 Å². The maximum Gasteiger partial charge on any atom is 0.338 e. The Balaban J connectivity index is 2.17. The van der Waals surface area contributed by atoms with Crippen LogP contribution in [0, 0.1) is 0 Å². The molecule has 0 aliphatic carbocycles. The Morgan fingerprint density at radius 1 is 0.800 bits per heavy atom. The second-order valence-electron chi connectivity index (χ2n) is 5.61. The van der Waals surface area contributed by atoms with E-state index < -0.39 is 5.97 Å². The highest BCUT2D eigenvalue weighted by atomic mass is 16.5. The van der Waals surface area contributed by atoms with Crippen molar-refractivity contribution in [3.63, 3.8) is 0 Å². The first kappa shape index (κ1) is 21.0. The highest BCUT2D eigenvalue weighted by Gasteiger charge is 2.07. The van der Waals surface area contributed by atoms with Crippen LogP contribution in [0.4, 0.5) is 0 Å². The molecule has 0 atom stereocenters. The molecule has 25 heavy (non-hydrogen) atoms. The Morgan fingerprint density at radius 2 is 1.44 bits per heavy atom. The van der Waals surface area contributed by atoms with Crippen LogP contribution in [0.2, 0.25) is 0 Å². The van der Waals surface area contributed by atoms with E-state index >= 15 is 0 Å². The lowest BCUT2D eigenvalue weighted by molar-refractivity contribution is -0.141. The van der Waals surface area contributed by atoms with Crippen LogP contribution in [-0.2, 0) is 19.0 Å². The zero-order valence-electron chi connectivity index (χ0n) is 15.1. The van der Waals surface area contributed by atoms with Crippen molar-refractivity contribution in [2.75, 3.05) is 33.5 Å². The smallest absolute Gasteiger partial charge is 0.338 e. The summed E-state index contributed by atoms with van der Waals surface area (Å²) in [7, 11) is 1.71. The van der Waals surface area contributed by atoms with E-state index in [0.717, 1.165) is 38.0 Å². The number of unbranched alkanes of at least 4 members (excludes halogenated alkanes) is 3. The van der Waals surface area contributed by atoms with E-state index in [1.807, 2.05) is 0 Å². The molecule has 0 aromatic heterocycles. The predicted molar refractivity (Wildman–Crippen MR) is 93.8 cm³/mol. The van der Waals surface area contributed by atoms with Crippen molar-refractivity contribution >= 4 is 11.9 Å². The van der Waals surface area contributed by atoms with Gasteiger partial charge in [-0.15, -0.1) is 0 Å². The first-order valence-corrected chi connectivity index (χ1v) is 8.65. The van der Waals surface area contributed by atoms with Crippen molar-refractivity contribution < 1.29 is 28.5 Å². The fourth-order valence-corrected chi connectivity index (χ4v) is 2.10. The topological polar surface area (TPSA) is 71.1 Å². The van der Waals surface area contributed by atoms with Gasteiger partial charge < -0.3 is 18.9 Å². The minimum Gasteiger partial charge on any atom is -0.494 e. The molecule has 0 bridgehead atoms. The average Bonchev–Trinajstić information content (AvgIpc) is 2.60. The van der Waals surface area contributed by atoms with Crippen LogP contribution in [0.1, 0.15) is 49.4 Å².